The molecule has 2 aromatic rings. The number of benzene rings is 1. The van der Waals surface area contributed by atoms with Crippen LogP contribution in [0.3, 0.4) is 0 Å². The molecule has 142 valence electrons. The second kappa shape index (κ2) is 9.91. The van der Waals surface area contributed by atoms with Crippen molar-refractivity contribution in [2.45, 2.75) is 23.8 Å². The lowest BCUT2D eigenvalue weighted by molar-refractivity contribution is 0.200. The lowest BCUT2D eigenvalue weighted by atomic mass is 10.2. The maximum atomic E-state index is 12.2. The van der Waals surface area contributed by atoms with Gasteiger partial charge in [0, 0.05) is 18.1 Å². The fourth-order valence-corrected chi connectivity index (χ4v) is 4.76. The van der Waals surface area contributed by atoms with Gasteiger partial charge in [0.15, 0.2) is 15.8 Å². The number of sulfone groups is 1. The molecular formula is C17H22ClN3O3S2. The third-order valence-corrected chi connectivity index (χ3v) is 6.93. The summed E-state index contributed by atoms with van der Waals surface area (Å²) in [5, 5.41) is 18.5. The number of hydrogen-bond donors (Lipinski definition) is 3. The summed E-state index contributed by atoms with van der Waals surface area (Å²) in [7, 11) is -3.48. The summed E-state index contributed by atoms with van der Waals surface area (Å²) in [4.78, 5) is 4.42. The van der Waals surface area contributed by atoms with Gasteiger partial charge in [0.25, 0.3) is 0 Å². The minimum Gasteiger partial charge on any atom is -0.390 e. The van der Waals surface area contributed by atoms with Gasteiger partial charge in [-0.15, -0.1) is 11.3 Å². The van der Waals surface area contributed by atoms with Gasteiger partial charge >= 0.3 is 0 Å². The van der Waals surface area contributed by atoms with Crippen molar-refractivity contribution in [3.63, 3.8) is 0 Å². The van der Waals surface area contributed by atoms with Gasteiger partial charge in [0.2, 0.25) is 0 Å². The van der Waals surface area contributed by atoms with Crippen LogP contribution < -0.4 is 10.6 Å². The van der Waals surface area contributed by atoms with Gasteiger partial charge in [-0.1, -0.05) is 29.8 Å². The standard InChI is InChI=1S/C17H22ClN3O3S2/c1-2-19-17(20-10-13-5-7-14(18)8-6-13)21-11-15(22)12-26(23,24)16-4-3-9-25-16/h3-9,15,22H,2,10-12H2,1H3,(H2,19,20,21). The molecule has 0 saturated heterocycles. The second-order valence-electron chi connectivity index (χ2n) is 5.57. The van der Waals surface area contributed by atoms with Crippen LogP contribution in [0.2, 0.25) is 5.02 Å². The average molecular weight is 416 g/mol. The van der Waals surface area contributed by atoms with Crippen LogP contribution in [0.1, 0.15) is 12.5 Å². The van der Waals surface area contributed by atoms with E-state index < -0.39 is 15.9 Å². The maximum Gasteiger partial charge on any atom is 0.191 e. The Kier molecular flexibility index (Phi) is 7.89. The van der Waals surface area contributed by atoms with Crippen molar-refractivity contribution >= 4 is 38.7 Å². The fourth-order valence-electron chi connectivity index (χ4n) is 2.15. The summed E-state index contributed by atoms with van der Waals surface area (Å²) < 4.78 is 24.6. The third-order valence-electron chi connectivity index (χ3n) is 3.40. The molecule has 0 spiro atoms. The fraction of sp³-hybridized carbons (Fsp3) is 0.353. The highest BCUT2D eigenvalue weighted by Crippen LogP contribution is 2.18. The molecule has 0 aliphatic carbocycles. The summed E-state index contributed by atoms with van der Waals surface area (Å²) in [6, 6.07) is 10.6. The van der Waals surface area contributed by atoms with E-state index in [1.54, 1.807) is 23.6 Å². The highest BCUT2D eigenvalue weighted by atomic mass is 35.5. The molecule has 9 heteroatoms. The molecule has 1 atom stereocenters. The van der Waals surface area contributed by atoms with Crippen LogP contribution in [-0.4, -0.2) is 44.4 Å². The van der Waals surface area contributed by atoms with Crippen LogP contribution in [0.4, 0.5) is 0 Å². The molecule has 0 aliphatic heterocycles. The molecular weight excluding hydrogens is 394 g/mol. The van der Waals surface area contributed by atoms with Gasteiger partial charge < -0.3 is 15.7 Å². The van der Waals surface area contributed by atoms with Gasteiger partial charge in [-0.05, 0) is 36.1 Å². The Morgan fingerprint density at radius 1 is 1.27 bits per heavy atom. The number of guanidine groups is 1. The van der Waals surface area contributed by atoms with Crippen molar-refractivity contribution in [1.29, 1.82) is 0 Å². The third kappa shape index (κ3) is 6.60. The minimum absolute atomic E-state index is 0.0804. The molecule has 0 saturated carbocycles. The lowest BCUT2D eigenvalue weighted by Gasteiger charge is -2.15. The van der Waals surface area contributed by atoms with E-state index in [4.69, 9.17) is 11.6 Å². The van der Waals surface area contributed by atoms with E-state index in [1.807, 2.05) is 19.1 Å². The molecule has 0 amide bonds. The van der Waals surface area contributed by atoms with Gasteiger partial charge in [-0.2, -0.15) is 0 Å². The van der Waals surface area contributed by atoms with E-state index in [2.05, 4.69) is 15.6 Å². The summed E-state index contributed by atoms with van der Waals surface area (Å²) >= 11 is 7.01. The number of thiophene rings is 1. The van der Waals surface area contributed by atoms with Crippen molar-refractivity contribution < 1.29 is 13.5 Å². The number of aliphatic hydroxyl groups excluding tert-OH is 1. The zero-order valence-electron chi connectivity index (χ0n) is 14.4. The van der Waals surface area contributed by atoms with Crippen LogP contribution in [-0.2, 0) is 16.4 Å². The van der Waals surface area contributed by atoms with Crippen molar-refractivity contribution in [1.82, 2.24) is 10.6 Å². The largest absolute Gasteiger partial charge is 0.390 e. The summed E-state index contributed by atoms with van der Waals surface area (Å²) in [5.41, 5.74) is 0.993. The number of nitrogens with zero attached hydrogens (tertiary/aromatic N) is 1. The second-order valence-corrected chi connectivity index (χ2v) is 9.22. The Balaban J connectivity index is 1.90. The van der Waals surface area contributed by atoms with E-state index in [0.717, 1.165) is 16.9 Å². The van der Waals surface area contributed by atoms with E-state index in [9.17, 15) is 13.5 Å². The Morgan fingerprint density at radius 3 is 2.62 bits per heavy atom. The van der Waals surface area contributed by atoms with Crippen molar-refractivity contribution in [3.05, 3.63) is 52.4 Å². The van der Waals surface area contributed by atoms with E-state index in [0.29, 0.717) is 24.1 Å². The van der Waals surface area contributed by atoms with Crippen LogP contribution in [0.15, 0.2) is 51.0 Å². The lowest BCUT2D eigenvalue weighted by Crippen LogP contribution is -2.42. The van der Waals surface area contributed by atoms with E-state index in [1.165, 1.54) is 6.07 Å². The van der Waals surface area contributed by atoms with Gasteiger partial charge in [-0.3, -0.25) is 0 Å². The molecule has 1 aromatic carbocycles. The molecule has 6 nitrogen and oxygen atoms in total. The Morgan fingerprint density at radius 2 is 2.00 bits per heavy atom. The predicted molar refractivity (Wildman–Crippen MR) is 107 cm³/mol. The van der Waals surface area contributed by atoms with Gasteiger partial charge in [-0.25, -0.2) is 13.4 Å². The topological polar surface area (TPSA) is 90.8 Å². The molecule has 0 fully saturated rings. The first-order chi connectivity index (χ1) is 12.4. The highest BCUT2D eigenvalue weighted by molar-refractivity contribution is 7.93. The molecule has 1 aromatic heterocycles. The maximum absolute atomic E-state index is 12.2. The first kappa shape index (κ1) is 20.7. The van der Waals surface area contributed by atoms with Crippen LogP contribution in [0, 0.1) is 0 Å². The molecule has 0 bridgehead atoms. The van der Waals surface area contributed by atoms with Crippen molar-refractivity contribution in [2.24, 2.45) is 4.99 Å². The highest BCUT2D eigenvalue weighted by Gasteiger charge is 2.20. The number of hydrogen-bond acceptors (Lipinski definition) is 5. The number of nitrogens with one attached hydrogen (secondary N) is 2. The molecule has 2 rings (SSSR count). The van der Waals surface area contributed by atoms with Gasteiger partial charge in [0.1, 0.15) is 4.21 Å². The van der Waals surface area contributed by atoms with Gasteiger partial charge in [0.05, 0.1) is 18.4 Å². The quantitative estimate of drug-likeness (QED) is 0.454. The summed E-state index contributed by atoms with van der Waals surface area (Å²) in [6.45, 7) is 3.10. The number of aliphatic imine (C=N–C) groups is 1. The Labute approximate surface area is 162 Å². The molecule has 1 heterocycles. The normalized spacial score (nSPS) is 13.4. The first-order valence-corrected chi connectivity index (χ1v) is 11.0. The molecule has 0 radical (unpaired) electrons. The van der Waals surface area contributed by atoms with Crippen molar-refractivity contribution in [3.8, 4) is 0 Å². The van der Waals surface area contributed by atoms with Crippen LogP contribution in [0.25, 0.3) is 0 Å². The molecule has 0 aliphatic rings. The predicted octanol–water partition coefficient (Wildman–Crippen LogP) is 2.29. The number of aliphatic hydroxyl groups is 1. The van der Waals surface area contributed by atoms with E-state index >= 15 is 0 Å². The molecule has 3 N–H and O–H groups in total. The van der Waals surface area contributed by atoms with E-state index in [-0.39, 0.29) is 16.5 Å². The minimum atomic E-state index is -3.48. The smallest absolute Gasteiger partial charge is 0.191 e. The number of halogens is 1. The van der Waals surface area contributed by atoms with Crippen LogP contribution >= 0.6 is 22.9 Å². The summed E-state index contributed by atoms with van der Waals surface area (Å²) in [6.07, 6.45) is -1.04. The Hall–Kier alpha value is -1.61. The zero-order chi connectivity index (χ0) is 19.0. The summed E-state index contributed by atoms with van der Waals surface area (Å²) in [5.74, 6) is 0.173. The SMILES string of the molecule is CCNC(=NCc1ccc(Cl)cc1)NCC(O)CS(=O)(=O)c1cccs1. The Bertz CT molecular complexity index is 806. The molecule has 26 heavy (non-hydrogen) atoms. The first-order valence-electron chi connectivity index (χ1n) is 8.11. The average Bonchev–Trinajstić information content (AvgIpc) is 3.14. The zero-order valence-corrected chi connectivity index (χ0v) is 16.7. The van der Waals surface area contributed by atoms with Crippen LogP contribution in [0.5, 0.6) is 0 Å². The molecule has 1 unspecified atom stereocenters. The monoisotopic (exact) mass is 415 g/mol. The van der Waals surface area contributed by atoms with Crippen molar-refractivity contribution in [2.75, 3.05) is 18.8 Å². The number of rotatable bonds is 8.